The lowest BCUT2D eigenvalue weighted by Gasteiger charge is -2.08. The number of hydrogen-bond donors (Lipinski definition) is 0. The minimum Gasteiger partial charge on any atom is -0.495 e. The Balaban J connectivity index is 3.24. The highest BCUT2D eigenvalue weighted by Gasteiger charge is 2.12. The Morgan fingerprint density at radius 2 is 2.21 bits per heavy atom. The molecule has 0 amide bonds. The van der Waals surface area contributed by atoms with Crippen molar-refractivity contribution in [3.63, 3.8) is 0 Å². The van der Waals surface area contributed by atoms with E-state index in [0.717, 1.165) is 0 Å². The van der Waals surface area contributed by atoms with Crippen LogP contribution in [0.2, 0.25) is 0 Å². The number of benzene rings is 1. The Kier molecular flexibility index (Phi) is 3.48. The van der Waals surface area contributed by atoms with E-state index < -0.39 is 5.82 Å². The van der Waals surface area contributed by atoms with Gasteiger partial charge in [-0.2, -0.15) is 5.26 Å². The molecule has 0 spiro atoms. The second-order valence-electron chi connectivity index (χ2n) is 2.87. The number of nitriles is 1. The lowest BCUT2D eigenvalue weighted by atomic mass is 10.0. The zero-order valence-corrected chi connectivity index (χ0v) is 9.43. The van der Waals surface area contributed by atoms with Gasteiger partial charge < -0.3 is 4.74 Å². The summed E-state index contributed by atoms with van der Waals surface area (Å²) in [5, 5.41) is 8.69. The molecule has 0 radical (unpaired) electrons. The van der Waals surface area contributed by atoms with Gasteiger partial charge in [0.2, 0.25) is 0 Å². The first-order valence-corrected chi connectivity index (χ1v) is 4.82. The van der Waals surface area contributed by atoms with Crippen LogP contribution < -0.4 is 4.74 Å². The van der Waals surface area contributed by atoms with Gasteiger partial charge >= 0.3 is 0 Å². The van der Waals surface area contributed by atoms with Crippen molar-refractivity contribution in [3.05, 3.63) is 28.0 Å². The maximum Gasteiger partial charge on any atom is 0.141 e. The molecule has 1 atom stereocenters. The topological polar surface area (TPSA) is 33.0 Å². The summed E-state index contributed by atoms with van der Waals surface area (Å²) in [6, 6.07) is 5.03. The van der Waals surface area contributed by atoms with Gasteiger partial charge in [0, 0.05) is 0 Å². The summed E-state index contributed by atoms with van der Waals surface area (Å²) < 4.78 is 18.5. The van der Waals surface area contributed by atoms with Gasteiger partial charge in [-0.25, -0.2) is 4.39 Å². The van der Waals surface area contributed by atoms with Crippen molar-refractivity contribution in [3.8, 4) is 11.8 Å². The monoisotopic (exact) mass is 257 g/mol. The Morgan fingerprint density at radius 3 is 2.71 bits per heavy atom. The lowest BCUT2D eigenvalue weighted by molar-refractivity contribution is 0.407. The second kappa shape index (κ2) is 4.43. The highest BCUT2D eigenvalue weighted by atomic mass is 79.9. The normalized spacial score (nSPS) is 11.9. The molecular weight excluding hydrogens is 249 g/mol. The van der Waals surface area contributed by atoms with Crippen LogP contribution in [0.4, 0.5) is 4.39 Å². The van der Waals surface area contributed by atoms with Crippen LogP contribution in [0.3, 0.4) is 0 Å². The molecule has 0 aliphatic rings. The van der Waals surface area contributed by atoms with E-state index in [9.17, 15) is 4.39 Å². The van der Waals surface area contributed by atoms with Gasteiger partial charge in [-0.05, 0) is 40.5 Å². The van der Waals surface area contributed by atoms with E-state index in [0.29, 0.717) is 11.3 Å². The molecule has 1 rings (SSSR count). The predicted octanol–water partition coefficient (Wildman–Crippen LogP) is 3.22. The zero-order chi connectivity index (χ0) is 10.7. The minimum absolute atomic E-state index is 0.286. The van der Waals surface area contributed by atoms with Crippen LogP contribution in [0.25, 0.3) is 0 Å². The first-order valence-electron chi connectivity index (χ1n) is 4.02. The summed E-state index contributed by atoms with van der Waals surface area (Å²) in [5.41, 5.74) is 0.616. The molecule has 0 saturated heterocycles. The number of hydrogen-bond acceptors (Lipinski definition) is 2. The first-order chi connectivity index (χ1) is 6.60. The van der Waals surface area contributed by atoms with Crippen molar-refractivity contribution in [2.45, 2.75) is 12.8 Å². The first kappa shape index (κ1) is 11.0. The average Bonchev–Trinajstić information content (AvgIpc) is 2.20. The fourth-order valence-corrected chi connectivity index (χ4v) is 1.45. The molecule has 0 heterocycles. The fourth-order valence-electron chi connectivity index (χ4n) is 1.06. The van der Waals surface area contributed by atoms with E-state index >= 15 is 0 Å². The largest absolute Gasteiger partial charge is 0.495 e. The van der Waals surface area contributed by atoms with Crippen LogP contribution in [0, 0.1) is 17.1 Å². The van der Waals surface area contributed by atoms with Crippen molar-refractivity contribution in [2.24, 2.45) is 0 Å². The van der Waals surface area contributed by atoms with Crippen LogP contribution in [-0.2, 0) is 0 Å². The van der Waals surface area contributed by atoms with E-state index in [2.05, 4.69) is 15.9 Å². The summed E-state index contributed by atoms with van der Waals surface area (Å²) >= 11 is 3.06. The second-order valence-corrected chi connectivity index (χ2v) is 3.66. The van der Waals surface area contributed by atoms with Gasteiger partial charge in [0.15, 0.2) is 0 Å². The Hall–Kier alpha value is -1.08. The molecule has 2 nitrogen and oxygen atoms in total. The van der Waals surface area contributed by atoms with Gasteiger partial charge in [0.05, 0.1) is 23.6 Å². The third-order valence-corrected chi connectivity index (χ3v) is 2.70. The third kappa shape index (κ3) is 2.05. The molecule has 0 aliphatic carbocycles. The van der Waals surface area contributed by atoms with Crippen LogP contribution in [0.1, 0.15) is 18.4 Å². The summed E-state index contributed by atoms with van der Waals surface area (Å²) in [5.74, 6) is -0.352. The molecule has 1 aromatic rings. The van der Waals surface area contributed by atoms with E-state index in [1.165, 1.54) is 13.2 Å². The molecule has 14 heavy (non-hydrogen) atoms. The number of ether oxygens (including phenoxy) is 1. The standard InChI is InChI=1S/C10H9BrFNO/c1-6(5-13)7-3-8(12)10(11)9(4-7)14-2/h3-4,6H,1-2H3. The highest BCUT2D eigenvalue weighted by molar-refractivity contribution is 9.10. The van der Waals surface area contributed by atoms with Crippen LogP contribution in [0.5, 0.6) is 5.75 Å². The van der Waals surface area contributed by atoms with E-state index in [1.54, 1.807) is 13.0 Å². The summed E-state index contributed by atoms with van der Waals surface area (Å²) in [6.45, 7) is 1.71. The highest BCUT2D eigenvalue weighted by Crippen LogP contribution is 2.31. The smallest absolute Gasteiger partial charge is 0.141 e. The van der Waals surface area contributed by atoms with Crippen LogP contribution >= 0.6 is 15.9 Å². The van der Waals surface area contributed by atoms with Gasteiger partial charge in [-0.15, -0.1) is 0 Å². The van der Waals surface area contributed by atoms with Crippen molar-refractivity contribution < 1.29 is 9.13 Å². The van der Waals surface area contributed by atoms with Gasteiger partial charge in [-0.3, -0.25) is 0 Å². The molecular formula is C10H9BrFNO. The van der Waals surface area contributed by atoms with Gasteiger partial charge in [0.25, 0.3) is 0 Å². The predicted molar refractivity (Wildman–Crippen MR) is 54.7 cm³/mol. The van der Waals surface area contributed by atoms with Crippen molar-refractivity contribution >= 4 is 15.9 Å². The number of nitrogens with zero attached hydrogens (tertiary/aromatic N) is 1. The molecule has 74 valence electrons. The summed E-state index contributed by atoms with van der Waals surface area (Å²) in [4.78, 5) is 0. The van der Waals surface area contributed by atoms with Crippen molar-refractivity contribution in [2.75, 3.05) is 7.11 Å². The zero-order valence-electron chi connectivity index (χ0n) is 7.84. The van der Waals surface area contributed by atoms with Crippen molar-refractivity contribution in [1.29, 1.82) is 5.26 Å². The molecule has 0 saturated carbocycles. The molecule has 1 aromatic carbocycles. The number of rotatable bonds is 2. The Morgan fingerprint density at radius 1 is 1.57 bits per heavy atom. The quantitative estimate of drug-likeness (QED) is 0.815. The van der Waals surface area contributed by atoms with E-state index in [-0.39, 0.29) is 10.4 Å². The fraction of sp³-hybridized carbons (Fsp3) is 0.300. The molecule has 1 unspecified atom stereocenters. The number of halogens is 2. The van der Waals surface area contributed by atoms with E-state index in [4.69, 9.17) is 10.00 Å². The lowest BCUT2D eigenvalue weighted by Crippen LogP contribution is -1.95. The molecule has 0 bridgehead atoms. The molecule has 0 aromatic heterocycles. The van der Waals surface area contributed by atoms with Crippen LogP contribution in [-0.4, -0.2) is 7.11 Å². The van der Waals surface area contributed by atoms with Gasteiger partial charge in [0.1, 0.15) is 11.6 Å². The van der Waals surface area contributed by atoms with Gasteiger partial charge in [-0.1, -0.05) is 0 Å². The molecule has 0 N–H and O–H groups in total. The summed E-state index contributed by atoms with van der Waals surface area (Å²) in [7, 11) is 1.46. The Bertz CT molecular complexity index is 386. The molecule has 4 heteroatoms. The maximum absolute atomic E-state index is 13.3. The SMILES string of the molecule is COc1cc(C(C)C#N)cc(F)c1Br. The van der Waals surface area contributed by atoms with Crippen molar-refractivity contribution in [1.82, 2.24) is 0 Å². The Labute approximate surface area is 90.4 Å². The minimum atomic E-state index is -0.415. The average molecular weight is 258 g/mol. The number of methoxy groups -OCH3 is 1. The van der Waals surface area contributed by atoms with E-state index in [1.807, 2.05) is 6.07 Å². The maximum atomic E-state index is 13.3. The van der Waals surface area contributed by atoms with Crippen LogP contribution in [0.15, 0.2) is 16.6 Å². The molecule has 0 aliphatic heterocycles. The summed E-state index contributed by atoms with van der Waals surface area (Å²) in [6.07, 6.45) is 0. The third-order valence-electron chi connectivity index (χ3n) is 1.93. The molecule has 0 fully saturated rings.